The highest BCUT2D eigenvalue weighted by molar-refractivity contribution is 5.88. The third kappa shape index (κ3) is 5.01. The van der Waals surface area contributed by atoms with Crippen molar-refractivity contribution >= 4 is 5.84 Å². The Balaban J connectivity index is 3.26. The summed E-state index contributed by atoms with van der Waals surface area (Å²) in [6.07, 6.45) is 3.07. The summed E-state index contributed by atoms with van der Waals surface area (Å²) in [6.45, 7) is 0. The lowest BCUT2D eigenvalue weighted by molar-refractivity contribution is 1.10. The molecule has 0 aromatic carbocycles. The molecule has 0 amide bonds. The second-order valence-corrected chi connectivity index (χ2v) is 1.08. The first-order valence-electron chi connectivity index (χ1n) is 1.95. The summed E-state index contributed by atoms with van der Waals surface area (Å²) in [7, 11) is 1.75. The van der Waals surface area contributed by atoms with E-state index in [1.165, 1.54) is 6.08 Å². The molecule has 4 N–H and O–H groups in total. The van der Waals surface area contributed by atoms with Crippen molar-refractivity contribution < 1.29 is 0 Å². The first-order valence-corrected chi connectivity index (χ1v) is 1.95. The van der Waals surface area contributed by atoms with Crippen molar-refractivity contribution in [3.05, 3.63) is 12.3 Å². The molecule has 0 saturated carbocycles. The van der Waals surface area contributed by atoms with E-state index in [1.807, 2.05) is 0 Å². The molecule has 0 aromatic heterocycles. The van der Waals surface area contributed by atoms with Crippen LogP contribution >= 0.6 is 0 Å². The van der Waals surface area contributed by atoms with E-state index in [4.69, 9.17) is 11.1 Å². The van der Waals surface area contributed by atoms with Crippen LogP contribution in [0, 0.1) is 5.41 Å². The highest BCUT2D eigenvalue weighted by Crippen LogP contribution is 1.60. The van der Waals surface area contributed by atoms with Gasteiger partial charge in [-0.05, 0) is 12.3 Å². The summed E-state index contributed by atoms with van der Waals surface area (Å²) < 4.78 is 0. The summed E-state index contributed by atoms with van der Waals surface area (Å²) in [5, 5.41) is 9.35. The van der Waals surface area contributed by atoms with Crippen molar-refractivity contribution in [2.75, 3.05) is 7.05 Å². The molecule has 0 saturated heterocycles. The van der Waals surface area contributed by atoms with Crippen molar-refractivity contribution in [2.45, 2.75) is 0 Å². The largest absolute Gasteiger partial charge is 0.394 e. The van der Waals surface area contributed by atoms with Gasteiger partial charge in [0.1, 0.15) is 5.84 Å². The van der Waals surface area contributed by atoms with E-state index in [1.54, 1.807) is 13.2 Å². The Labute approximate surface area is 42.7 Å². The summed E-state index contributed by atoms with van der Waals surface area (Å²) in [5.74, 6) is 0.0642. The molecule has 0 heterocycles. The van der Waals surface area contributed by atoms with Crippen LogP contribution in [0.1, 0.15) is 0 Å². The quantitative estimate of drug-likeness (QED) is 0.327. The summed E-state index contributed by atoms with van der Waals surface area (Å²) >= 11 is 0. The van der Waals surface area contributed by atoms with Gasteiger partial charge in [-0.25, -0.2) is 0 Å². The fourth-order valence-corrected chi connectivity index (χ4v) is 0.173. The minimum absolute atomic E-state index is 0.0642. The van der Waals surface area contributed by atoms with E-state index in [-0.39, 0.29) is 5.84 Å². The van der Waals surface area contributed by atoms with Gasteiger partial charge in [0.25, 0.3) is 0 Å². The molecule has 0 radical (unpaired) electrons. The molecule has 0 bridgehead atoms. The third-order valence-corrected chi connectivity index (χ3v) is 0.430. The average molecular weight is 99.1 g/mol. The van der Waals surface area contributed by atoms with Crippen LogP contribution in [0.25, 0.3) is 0 Å². The van der Waals surface area contributed by atoms with E-state index in [9.17, 15) is 0 Å². The van der Waals surface area contributed by atoms with Gasteiger partial charge in [0, 0.05) is 7.05 Å². The topological polar surface area (TPSA) is 61.9 Å². The monoisotopic (exact) mass is 99.1 g/mol. The minimum Gasteiger partial charge on any atom is -0.394 e. The van der Waals surface area contributed by atoms with Crippen LogP contribution in [0.15, 0.2) is 12.3 Å². The zero-order valence-corrected chi connectivity index (χ0v) is 4.23. The molecule has 0 aliphatic rings. The van der Waals surface area contributed by atoms with E-state index < -0.39 is 0 Å². The molecule has 40 valence electrons. The Morgan fingerprint density at radius 1 is 1.86 bits per heavy atom. The summed E-state index contributed by atoms with van der Waals surface area (Å²) in [5.41, 5.74) is 4.93. The first kappa shape index (κ1) is 6.01. The molecule has 3 heteroatoms. The van der Waals surface area contributed by atoms with Crippen molar-refractivity contribution in [2.24, 2.45) is 5.73 Å². The molecule has 7 heavy (non-hydrogen) atoms. The third-order valence-electron chi connectivity index (χ3n) is 0.430. The zero-order valence-electron chi connectivity index (χ0n) is 4.23. The second kappa shape index (κ2) is 3.21. The smallest absolute Gasteiger partial charge is 0.116 e. The Morgan fingerprint density at radius 3 is 2.57 bits per heavy atom. The zero-order chi connectivity index (χ0) is 5.70. The maximum absolute atomic E-state index is 6.65. The van der Waals surface area contributed by atoms with Crippen molar-refractivity contribution in [3.8, 4) is 0 Å². The van der Waals surface area contributed by atoms with Crippen LogP contribution < -0.4 is 11.1 Å². The Bertz CT molecular complexity index is 84.9. The Kier molecular flexibility index (Phi) is 2.76. The lowest BCUT2D eigenvalue weighted by Gasteiger charge is -1.82. The first-order chi connectivity index (χ1) is 3.27. The Morgan fingerprint density at radius 2 is 2.43 bits per heavy atom. The average Bonchev–Trinajstić information content (AvgIpc) is 1.61. The van der Waals surface area contributed by atoms with Gasteiger partial charge in [0.15, 0.2) is 0 Å². The van der Waals surface area contributed by atoms with E-state index >= 15 is 0 Å². The minimum atomic E-state index is 0.0642. The van der Waals surface area contributed by atoms with Gasteiger partial charge in [-0.1, -0.05) is 0 Å². The molecule has 0 fully saturated rings. The number of amidine groups is 1. The van der Waals surface area contributed by atoms with Gasteiger partial charge < -0.3 is 11.1 Å². The second-order valence-electron chi connectivity index (χ2n) is 1.08. The van der Waals surface area contributed by atoms with Crippen molar-refractivity contribution in [1.82, 2.24) is 5.32 Å². The molecule has 0 aliphatic carbocycles. The van der Waals surface area contributed by atoms with E-state index in [0.29, 0.717) is 0 Å². The molecule has 0 unspecified atom stereocenters. The highest BCUT2D eigenvalue weighted by Gasteiger charge is 1.69. The fourth-order valence-electron chi connectivity index (χ4n) is 0.173. The lowest BCUT2D eigenvalue weighted by atomic mass is 10.6. The van der Waals surface area contributed by atoms with Gasteiger partial charge in [-0.2, -0.15) is 0 Å². The van der Waals surface area contributed by atoms with Crippen LogP contribution in [0.3, 0.4) is 0 Å². The highest BCUT2D eigenvalue weighted by atomic mass is 14.8. The number of nitrogens with one attached hydrogen (secondary N) is 2. The SMILES string of the molecule is CN/C=C/C(=N)N. The van der Waals surface area contributed by atoms with Gasteiger partial charge in [0.2, 0.25) is 0 Å². The molecule has 3 nitrogen and oxygen atoms in total. The maximum Gasteiger partial charge on any atom is 0.116 e. The standard InChI is InChI=1S/C4H9N3/c1-7-3-2-4(5)6/h2-3,7H,1H3,(H3,5,6)/b3-2+. The van der Waals surface area contributed by atoms with Crippen LogP contribution in [0.2, 0.25) is 0 Å². The van der Waals surface area contributed by atoms with Crippen molar-refractivity contribution in [3.63, 3.8) is 0 Å². The van der Waals surface area contributed by atoms with Gasteiger partial charge in [-0.3, -0.25) is 5.41 Å². The molecular weight excluding hydrogens is 90.1 g/mol. The predicted molar refractivity (Wildman–Crippen MR) is 30.1 cm³/mol. The molecule has 0 aliphatic heterocycles. The predicted octanol–water partition coefficient (Wildman–Crippen LogP) is -0.345. The lowest BCUT2D eigenvalue weighted by Crippen LogP contribution is -2.06. The fraction of sp³-hybridized carbons (Fsp3) is 0.250. The molecule has 0 aromatic rings. The normalized spacial score (nSPS) is 9.29. The molecular formula is C4H9N3. The van der Waals surface area contributed by atoms with E-state index in [2.05, 4.69) is 5.32 Å². The van der Waals surface area contributed by atoms with Gasteiger partial charge in [0.05, 0.1) is 0 Å². The summed E-state index contributed by atoms with van der Waals surface area (Å²) in [6, 6.07) is 0. The van der Waals surface area contributed by atoms with Gasteiger partial charge >= 0.3 is 0 Å². The Hall–Kier alpha value is -0.990. The molecule has 0 atom stereocenters. The van der Waals surface area contributed by atoms with E-state index in [0.717, 1.165) is 0 Å². The van der Waals surface area contributed by atoms with Crippen LogP contribution in [0.5, 0.6) is 0 Å². The molecule has 0 spiro atoms. The number of hydrogen-bond acceptors (Lipinski definition) is 2. The van der Waals surface area contributed by atoms with Gasteiger partial charge in [-0.15, -0.1) is 0 Å². The van der Waals surface area contributed by atoms with Crippen LogP contribution in [-0.4, -0.2) is 12.9 Å². The number of nitrogens with two attached hydrogens (primary N) is 1. The van der Waals surface area contributed by atoms with Crippen LogP contribution in [-0.2, 0) is 0 Å². The summed E-state index contributed by atoms with van der Waals surface area (Å²) in [4.78, 5) is 0. The number of hydrogen-bond donors (Lipinski definition) is 3. The van der Waals surface area contributed by atoms with Crippen molar-refractivity contribution in [1.29, 1.82) is 5.41 Å². The number of rotatable bonds is 2. The molecule has 0 rings (SSSR count). The van der Waals surface area contributed by atoms with Crippen LogP contribution in [0.4, 0.5) is 0 Å². The maximum atomic E-state index is 6.65.